The van der Waals surface area contributed by atoms with Crippen molar-refractivity contribution in [2.24, 2.45) is 33.1 Å². The monoisotopic (exact) mass is 1820 g/mol. The third kappa shape index (κ3) is 20.1. The van der Waals surface area contributed by atoms with Crippen LogP contribution >= 0.6 is 0 Å². The Kier molecular flexibility index (Phi) is 28.0. The molecular weight excluding hydrogens is 1710 g/mol. The Morgan fingerprint density at radius 1 is 0.492 bits per heavy atom. The Hall–Kier alpha value is -10.9. The molecule has 682 valence electrons. The zero-order valence-corrected chi connectivity index (χ0v) is 76.7. The molecule has 0 saturated carbocycles. The molecule has 8 aliphatic rings. The summed E-state index contributed by atoms with van der Waals surface area (Å²) in [5.41, 5.74) is 16.1. The molecule has 2 aromatic carbocycles. The van der Waals surface area contributed by atoms with Crippen molar-refractivity contribution in [3.8, 4) is 29.7 Å². The first-order valence-corrected chi connectivity index (χ1v) is 48.8. The third-order valence-electron chi connectivity index (χ3n) is 22.4. The van der Waals surface area contributed by atoms with E-state index in [0.717, 1.165) is 119 Å². The van der Waals surface area contributed by atoms with Crippen LogP contribution in [0.3, 0.4) is 0 Å². The molecule has 38 nitrogen and oxygen atoms in total. The molecule has 16 rings (SSSR count). The quantitative estimate of drug-likeness (QED) is 0.0292. The number of carbonyl (C=O) groups excluding carboxylic acids is 5. The molecule has 44 heteroatoms. The van der Waals surface area contributed by atoms with Gasteiger partial charge in [-0.2, -0.15) is 35.9 Å². The van der Waals surface area contributed by atoms with Gasteiger partial charge in [0, 0.05) is 62.6 Å². The molecule has 10 heterocycles. The predicted octanol–water partition coefficient (Wildman–Crippen LogP) is 13.2. The molecule has 0 fully saturated rings. The van der Waals surface area contributed by atoms with Crippen molar-refractivity contribution < 1.29 is 68.5 Å². The summed E-state index contributed by atoms with van der Waals surface area (Å²) in [6.07, 6.45) is 19.0. The van der Waals surface area contributed by atoms with Crippen molar-refractivity contribution >= 4 is 92.4 Å². The van der Waals surface area contributed by atoms with Gasteiger partial charge in [0.05, 0.1) is 105 Å². The van der Waals surface area contributed by atoms with Gasteiger partial charge >= 0.3 is 24.1 Å². The van der Waals surface area contributed by atoms with Crippen LogP contribution in [0, 0.1) is 23.8 Å². The van der Waals surface area contributed by atoms with Gasteiger partial charge < -0.3 is 40.2 Å². The molecule has 6 unspecified atom stereocenters. The van der Waals surface area contributed by atoms with Crippen LogP contribution in [-0.2, 0) is 135 Å². The molecule has 0 bridgehead atoms. The molecule has 8 aromatic rings. The second kappa shape index (κ2) is 38.0. The van der Waals surface area contributed by atoms with Gasteiger partial charge in [0.2, 0.25) is 29.4 Å². The van der Waals surface area contributed by atoms with Gasteiger partial charge in [0.25, 0.3) is 0 Å². The van der Waals surface area contributed by atoms with E-state index in [1.807, 2.05) is 69.2 Å². The number of rotatable bonds is 18. The van der Waals surface area contributed by atoms with E-state index in [0.29, 0.717) is 86.8 Å². The van der Waals surface area contributed by atoms with Gasteiger partial charge in [-0.1, -0.05) is 75.3 Å². The molecule has 0 saturated heterocycles. The number of carbonyl (C=O) groups is 5. The van der Waals surface area contributed by atoms with Crippen LogP contribution in [0.15, 0.2) is 67.9 Å². The summed E-state index contributed by atoms with van der Waals surface area (Å²) >= 11 is 0. The number of nitrogens with one attached hydrogen (secondary N) is 6. The topological polar surface area (TPSA) is 495 Å². The Balaban J connectivity index is 0.000000144. The number of benzene rings is 2. The molecule has 0 radical (unpaired) electrons. The highest BCUT2D eigenvalue weighted by molar-refractivity contribution is 7.93. The van der Waals surface area contributed by atoms with Crippen LogP contribution in [0.4, 0.5) is 50.7 Å². The molecule has 6 aromatic heterocycles. The largest absolute Gasteiger partial charge is 0.477 e. The van der Waals surface area contributed by atoms with Crippen molar-refractivity contribution in [1.82, 2.24) is 68.1 Å². The van der Waals surface area contributed by atoms with Gasteiger partial charge in [-0.15, -0.1) is 17.5 Å². The molecule has 9 amide bonds. The maximum atomic E-state index is 13.8. The Morgan fingerprint density at radius 3 is 1.26 bits per heavy atom. The minimum atomic E-state index is -3.62. The lowest BCUT2D eigenvalue weighted by Crippen LogP contribution is -2.33. The number of nitrogens with zero attached hydrogens (tertiary/aromatic N) is 17. The van der Waals surface area contributed by atoms with Crippen molar-refractivity contribution in [3.63, 3.8) is 0 Å². The summed E-state index contributed by atoms with van der Waals surface area (Å²) in [6, 6.07) is -0.967. The second-order valence-corrected chi connectivity index (χ2v) is 41.8. The number of fused-ring (bicyclic) bond motifs is 8. The second-order valence-electron chi connectivity index (χ2n) is 34.5. The number of alkyl halides is 2. The predicted molar refractivity (Wildman–Crippen MR) is 469 cm³/mol. The summed E-state index contributed by atoms with van der Waals surface area (Å²) in [4.78, 5) is 63.8. The highest BCUT2D eigenvalue weighted by Gasteiger charge is 2.38. The Labute approximate surface area is 732 Å². The number of aromatic nitrogens is 12. The van der Waals surface area contributed by atoms with Crippen molar-refractivity contribution in [2.45, 2.75) is 288 Å². The number of nitrogens with two attached hydrogens (primary N) is 2. The van der Waals surface area contributed by atoms with Crippen molar-refractivity contribution in [2.75, 3.05) is 47.7 Å². The molecular formula is C82H113F2N25O13S4. The standard InChI is InChI=1S/C22H26N6O3S.C22H27N5O4S.2C19H30FN7O3S/c1-22(2)11-28-20(31-12-22)18(10-24-28)32(30,25-13-23)27-21(29)26-19-16-7-3-5-14(16)9-15-6-4-8-17(15)19;1-13-15-6-3-8-17(15)20(18-9-4-7-16(13)18)24-22(29)26-32(30,25-14(2)28)19-12-23-27-10-5-11-31-21(19)27;2*1-11(2)15-16(17(12(3)4)27(24-15)10-13(5)20)23-19(28)25-31(21,29)14-9-22-26-7-6-8-30-18(14)26/h9-10H,3-8,11-12H2,1-2H3,(H2,25,26,27,29,30);12H,3-11H2,1-2H3,(H2,24,25,26,28,29,30);2*9,11-13H,6-8,10H2,1-5H3,(H3,21,23,25,28,29). The minimum absolute atomic E-state index is 0.0395. The lowest BCUT2D eigenvalue weighted by Gasteiger charge is -2.30. The van der Waals surface area contributed by atoms with Gasteiger partial charge in [-0.25, -0.2) is 78.5 Å². The fourth-order valence-electron chi connectivity index (χ4n) is 17.2. The number of ether oxygens (including phenoxy) is 4. The molecule has 126 heavy (non-hydrogen) atoms. The molecule has 10 N–H and O–H groups in total. The zero-order chi connectivity index (χ0) is 90.8. The number of aryl methyl sites for hydroxylation is 5. The minimum Gasteiger partial charge on any atom is -0.477 e. The van der Waals surface area contributed by atoms with Gasteiger partial charge in [0.1, 0.15) is 27.0 Å². The first-order valence-electron chi connectivity index (χ1n) is 42.6. The van der Waals surface area contributed by atoms with E-state index < -0.39 is 82.0 Å². The highest BCUT2D eigenvalue weighted by Crippen LogP contribution is 2.45. The van der Waals surface area contributed by atoms with E-state index in [9.17, 15) is 54.9 Å². The van der Waals surface area contributed by atoms with Crippen LogP contribution in [0.1, 0.15) is 231 Å². The first-order chi connectivity index (χ1) is 59.7. The Morgan fingerprint density at radius 2 is 0.849 bits per heavy atom. The average Bonchev–Trinajstić information content (AvgIpc) is 1.62. The summed E-state index contributed by atoms with van der Waals surface area (Å²) in [6.45, 7) is 30.1. The molecule has 4 aliphatic heterocycles. The number of hydrogen-bond acceptors (Lipinski definition) is 20. The molecule has 4 aliphatic carbocycles. The zero-order valence-electron chi connectivity index (χ0n) is 73.5. The highest BCUT2D eigenvalue weighted by atomic mass is 32.2. The van der Waals surface area contributed by atoms with Crippen molar-refractivity contribution in [1.29, 1.82) is 5.26 Å². The number of amides is 9. The van der Waals surface area contributed by atoms with Crippen LogP contribution in [0.2, 0.25) is 0 Å². The van der Waals surface area contributed by atoms with Gasteiger partial charge in [-0.05, 0) is 172 Å². The summed E-state index contributed by atoms with van der Waals surface area (Å²) < 4.78 is 133. The Bertz CT molecular complexity index is 5920. The SMILES string of the molecule is CC(=O)NS(=O)(=NC(=O)Nc1c2c(c(C)c3c1CCC3)CCC2)c1cnn2c1OCCC2.CC(F)Cn1nc(C(C)C)c(NC(=O)N=S(N)(=O)c2cnn3c2OCCC3)c1C(C)C.CC(F)Cn1nc(C(C)C)c(NC(=O)N=S(N)(=O)c2cnn3c2OCCC3)c1C(C)C.CC1(C)COc2c(S(=O)(=NC(=O)Nc3c4c(cc5c3CCC5)CCC4)NC#N)cnn2C1. The molecule has 6 atom stereocenters. The first kappa shape index (κ1) is 92.8. The van der Waals surface area contributed by atoms with Crippen molar-refractivity contribution in [3.05, 3.63) is 104 Å². The van der Waals surface area contributed by atoms with Crippen LogP contribution in [0.25, 0.3) is 0 Å². The average molecular weight is 1820 g/mol. The van der Waals surface area contributed by atoms with E-state index in [4.69, 9.17) is 29.2 Å². The summed E-state index contributed by atoms with van der Waals surface area (Å²) in [7, 11) is -14.4. The van der Waals surface area contributed by atoms with E-state index >= 15 is 0 Å². The lowest BCUT2D eigenvalue weighted by molar-refractivity contribution is -0.117. The maximum Gasteiger partial charge on any atom is 0.355 e. The van der Waals surface area contributed by atoms with Gasteiger partial charge in [-0.3, -0.25) is 18.9 Å². The fourth-order valence-corrected chi connectivity index (χ4v) is 22.0. The number of halogens is 2. The van der Waals surface area contributed by atoms with E-state index in [1.165, 1.54) is 84.5 Å². The summed E-state index contributed by atoms with van der Waals surface area (Å²) in [5.74, 6) is 0.360. The van der Waals surface area contributed by atoms with Crippen LogP contribution in [0.5, 0.6) is 23.5 Å². The maximum absolute atomic E-state index is 13.8. The van der Waals surface area contributed by atoms with E-state index in [1.54, 1.807) is 34.3 Å². The van der Waals surface area contributed by atoms with E-state index in [-0.39, 0.29) is 85.3 Å². The fraction of sp³-hybridized carbons (Fsp3) is 0.561. The molecule has 0 spiro atoms. The van der Waals surface area contributed by atoms with E-state index in [2.05, 4.69) is 91.7 Å². The smallest absolute Gasteiger partial charge is 0.355 e. The number of nitriles is 1. The lowest BCUT2D eigenvalue weighted by atomic mass is 9.93. The number of urea groups is 4. The normalized spacial score (nSPS) is 17.7. The third-order valence-corrected chi connectivity index (χ3v) is 28.7. The number of hydrogen-bond donors (Lipinski definition) is 8. The summed E-state index contributed by atoms with van der Waals surface area (Å²) in [5, 5.41) is 58.0. The van der Waals surface area contributed by atoms with Gasteiger partial charge in [0.15, 0.2) is 50.7 Å². The van der Waals surface area contributed by atoms with Crippen LogP contribution < -0.4 is 59.9 Å². The number of anilines is 4. The van der Waals surface area contributed by atoms with Crippen LogP contribution in [-0.4, -0.2) is 144 Å².